The molecule has 35 heavy (non-hydrogen) atoms. The van der Waals surface area contributed by atoms with E-state index >= 15 is 0 Å². The Bertz CT molecular complexity index is 1320. The van der Waals surface area contributed by atoms with Crippen molar-refractivity contribution in [3.63, 3.8) is 0 Å². The molecule has 0 atom stereocenters. The number of nitrogens with one attached hydrogen (secondary N) is 1. The van der Waals surface area contributed by atoms with Crippen molar-refractivity contribution in [2.75, 3.05) is 39.3 Å². The van der Waals surface area contributed by atoms with Gasteiger partial charge in [-0.3, -0.25) is 14.3 Å². The van der Waals surface area contributed by atoms with E-state index in [4.69, 9.17) is 8.94 Å². The van der Waals surface area contributed by atoms with E-state index in [9.17, 15) is 9.59 Å². The van der Waals surface area contributed by atoms with Crippen LogP contribution >= 0.6 is 0 Å². The second kappa shape index (κ2) is 10.7. The van der Waals surface area contributed by atoms with Gasteiger partial charge < -0.3 is 19.2 Å². The quantitative estimate of drug-likeness (QED) is 0.365. The minimum atomic E-state index is -0.511. The van der Waals surface area contributed by atoms with Gasteiger partial charge >= 0.3 is 17.6 Å². The molecule has 2 aromatic heterocycles. The summed E-state index contributed by atoms with van der Waals surface area (Å²) in [6, 6.07) is 17.6. The first-order valence-electron chi connectivity index (χ1n) is 11.8. The number of benzene rings is 2. The zero-order valence-electron chi connectivity index (χ0n) is 19.4. The van der Waals surface area contributed by atoms with E-state index in [0.29, 0.717) is 17.6 Å². The molecule has 0 saturated carbocycles. The van der Waals surface area contributed by atoms with Gasteiger partial charge in [-0.25, -0.2) is 4.79 Å². The highest BCUT2D eigenvalue weighted by atomic mass is 16.5. The first-order chi connectivity index (χ1) is 17.2. The Morgan fingerprint density at radius 3 is 2.51 bits per heavy atom. The molecule has 0 radical (unpaired) electrons. The van der Waals surface area contributed by atoms with Gasteiger partial charge in [-0.2, -0.15) is 4.98 Å². The number of nitrogens with zero attached hydrogens (tertiary/aromatic N) is 5. The summed E-state index contributed by atoms with van der Waals surface area (Å²) in [6.07, 6.45) is 0.835. The number of hydrogen-bond acceptors (Lipinski definition) is 8. The topological polar surface area (TPSA) is 110 Å². The monoisotopic (exact) mass is 476 g/mol. The van der Waals surface area contributed by atoms with Crippen LogP contribution in [0.4, 0.5) is 0 Å². The molecule has 0 aliphatic carbocycles. The summed E-state index contributed by atoms with van der Waals surface area (Å²) in [4.78, 5) is 33.5. The van der Waals surface area contributed by atoms with Gasteiger partial charge in [0.2, 0.25) is 0 Å². The van der Waals surface area contributed by atoms with E-state index in [1.165, 1.54) is 10.1 Å². The molecular formula is C25H28N6O4. The number of carbonyl (C=O) groups is 1. The Hall–Kier alpha value is -3.76. The molecule has 4 aromatic rings. The van der Waals surface area contributed by atoms with Crippen LogP contribution in [0.3, 0.4) is 0 Å². The Balaban J connectivity index is 1.04. The van der Waals surface area contributed by atoms with Gasteiger partial charge in [0.15, 0.2) is 11.4 Å². The van der Waals surface area contributed by atoms with Gasteiger partial charge in [0.05, 0.1) is 12.1 Å². The third kappa shape index (κ3) is 5.67. The Morgan fingerprint density at radius 2 is 1.69 bits per heavy atom. The van der Waals surface area contributed by atoms with E-state index in [1.54, 1.807) is 18.2 Å². The summed E-state index contributed by atoms with van der Waals surface area (Å²) in [5.74, 6) is -0.809. The second-order valence-electron chi connectivity index (χ2n) is 8.65. The van der Waals surface area contributed by atoms with Crippen molar-refractivity contribution in [3.05, 3.63) is 82.4 Å². The summed E-state index contributed by atoms with van der Waals surface area (Å²) < 4.78 is 11.7. The molecule has 1 amide bonds. The summed E-state index contributed by atoms with van der Waals surface area (Å²) in [7, 11) is 0. The van der Waals surface area contributed by atoms with Crippen molar-refractivity contribution in [2.24, 2.45) is 0 Å². The lowest BCUT2D eigenvalue weighted by Crippen LogP contribution is -2.46. The van der Waals surface area contributed by atoms with Gasteiger partial charge in [0.25, 0.3) is 0 Å². The number of hydrogen-bond donors (Lipinski definition) is 1. The number of rotatable bonds is 9. The van der Waals surface area contributed by atoms with Gasteiger partial charge in [-0.15, -0.1) is 0 Å². The van der Waals surface area contributed by atoms with Gasteiger partial charge in [-0.1, -0.05) is 47.6 Å². The molecule has 1 aliphatic heterocycles. The average molecular weight is 477 g/mol. The van der Waals surface area contributed by atoms with Crippen molar-refractivity contribution in [2.45, 2.75) is 19.5 Å². The third-order valence-corrected chi connectivity index (χ3v) is 6.19. The summed E-state index contributed by atoms with van der Waals surface area (Å²) >= 11 is 0. The molecule has 0 spiro atoms. The summed E-state index contributed by atoms with van der Waals surface area (Å²) in [5, 5.41) is 6.67. The first-order valence-corrected chi connectivity index (χ1v) is 11.8. The van der Waals surface area contributed by atoms with E-state index in [-0.39, 0.29) is 18.3 Å². The number of fused-ring (bicyclic) bond motifs is 1. The van der Waals surface area contributed by atoms with Crippen LogP contribution < -0.4 is 11.1 Å². The van der Waals surface area contributed by atoms with Crippen LogP contribution in [0, 0.1) is 0 Å². The smallest absolute Gasteiger partial charge is 0.408 e. The van der Waals surface area contributed by atoms with Crippen LogP contribution in [-0.2, 0) is 13.1 Å². The first kappa shape index (κ1) is 23.0. The lowest BCUT2D eigenvalue weighted by atomic mass is 10.2. The molecular weight excluding hydrogens is 448 g/mol. The molecule has 0 bridgehead atoms. The number of oxazole rings is 1. The fraction of sp³-hybridized carbons (Fsp3) is 0.360. The SMILES string of the molecule is O=C(NCCCN1CCN(Cc2ccccc2)CC1)c1nc(Cn2c(=O)oc3ccccc32)no1. The number of para-hydroxylation sites is 2. The summed E-state index contributed by atoms with van der Waals surface area (Å²) in [5.41, 5.74) is 2.46. The van der Waals surface area contributed by atoms with Gasteiger partial charge in [0.1, 0.15) is 0 Å². The van der Waals surface area contributed by atoms with Crippen molar-refractivity contribution in [1.82, 2.24) is 29.8 Å². The lowest BCUT2D eigenvalue weighted by molar-refractivity contribution is 0.0904. The molecule has 5 rings (SSSR count). The number of aromatic nitrogens is 3. The third-order valence-electron chi connectivity index (χ3n) is 6.19. The molecule has 1 aliphatic rings. The van der Waals surface area contributed by atoms with Gasteiger partial charge in [-0.05, 0) is 30.7 Å². The fourth-order valence-corrected chi connectivity index (χ4v) is 4.31. The van der Waals surface area contributed by atoms with Crippen molar-refractivity contribution < 1.29 is 13.7 Å². The van der Waals surface area contributed by atoms with Crippen LogP contribution in [0.1, 0.15) is 28.5 Å². The molecule has 182 valence electrons. The maximum atomic E-state index is 12.4. The van der Waals surface area contributed by atoms with E-state index < -0.39 is 11.7 Å². The largest absolute Gasteiger partial charge is 0.420 e. The highest BCUT2D eigenvalue weighted by Crippen LogP contribution is 2.13. The van der Waals surface area contributed by atoms with E-state index in [1.807, 2.05) is 12.1 Å². The van der Waals surface area contributed by atoms with Crippen molar-refractivity contribution >= 4 is 17.0 Å². The van der Waals surface area contributed by atoms with Crippen LogP contribution in [0.2, 0.25) is 0 Å². The van der Waals surface area contributed by atoms with E-state index in [0.717, 1.165) is 45.7 Å². The fourth-order valence-electron chi connectivity index (χ4n) is 4.31. The molecule has 1 fully saturated rings. The predicted octanol–water partition coefficient (Wildman–Crippen LogP) is 1.96. The minimum absolute atomic E-state index is 0.0584. The standard InChI is InChI=1S/C25H28N6O4/c32-23(24-27-22(28-35-24)18-31-20-9-4-5-10-21(20)34-25(31)33)26-11-6-12-29-13-15-30(16-14-29)17-19-7-2-1-3-8-19/h1-5,7-10H,6,11-18H2,(H,26,32). The number of amides is 1. The highest BCUT2D eigenvalue weighted by Gasteiger charge is 2.19. The Kier molecular flexibility index (Phi) is 7.01. The van der Waals surface area contributed by atoms with Crippen LogP contribution in [0.5, 0.6) is 0 Å². The van der Waals surface area contributed by atoms with Crippen LogP contribution in [0.25, 0.3) is 11.1 Å². The van der Waals surface area contributed by atoms with Crippen LogP contribution in [0.15, 0.2) is 68.3 Å². The molecule has 1 N–H and O–H groups in total. The van der Waals surface area contributed by atoms with Crippen molar-refractivity contribution in [3.8, 4) is 0 Å². The maximum Gasteiger partial charge on any atom is 0.420 e. The Morgan fingerprint density at radius 1 is 0.943 bits per heavy atom. The highest BCUT2D eigenvalue weighted by molar-refractivity contribution is 5.89. The normalized spacial score (nSPS) is 15.0. The zero-order valence-corrected chi connectivity index (χ0v) is 19.4. The minimum Gasteiger partial charge on any atom is -0.408 e. The molecule has 3 heterocycles. The van der Waals surface area contributed by atoms with Gasteiger partial charge in [0, 0.05) is 39.3 Å². The second-order valence-corrected chi connectivity index (χ2v) is 8.65. The molecule has 1 saturated heterocycles. The molecule has 2 aromatic carbocycles. The zero-order chi connectivity index (χ0) is 24.0. The molecule has 0 unspecified atom stereocenters. The number of piperazine rings is 1. The van der Waals surface area contributed by atoms with Crippen molar-refractivity contribution in [1.29, 1.82) is 0 Å². The maximum absolute atomic E-state index is 12.4. The average Bonchev–Trinajstić information content (AvgIpc) is 3.48. The van der Waals surface area contributed by atoms with E-state index in [2.05, 4.69) is 49.5 Å². The Labute approximate surface area is 202 Å². The number of carbonyl (C=O) groups excluding carboxylic acids is 1. The predicted molar refractivity (Wildman–Crippen MR) is 129 cm³/mol. The molecule has 10 nitrogen and oxygen atoms in total. The molecule has 10 heteroatoms. The van der Waals surface area contributed by atoms with Crippen LogP contribution in [-0.4, -0.2) is 69.7 Å². The lowest BCUT2D eigenvalue weighted by Gasteiger charge is -2.34. The summed E-state index contributed by atoms with van der Waals surface area (Å²) in [6.45, 7) is 6.62.